The molecule has 1 atom stereocenters. The molecule has 112 valence electrons. The van der Waals surface area contributed by atoms with Gasteiger partial charge in [-0.1, -0.05) is 0 Å². The summed E-state index contributed by atoms with van der Waals surface area (Å²) >= 11 is 5.23. The molecule has 2 N–H and O–H groups in total. The molecule has 0 spiro atoms. The lowest BCUT2D eigenvalue weighted by Crippen LogP contribution is -2.38. The van der Waals surface area contributed by atoms with Crippen molar-refractivity contribution in [2.24, 2.45) is 0 Å². The van der Waals surface area contributed by atoms with E-state index >= 15 is 0 Å². The molecule has 0 aromatic heterocycles. The second-order valence-corrected chi connectivity index (χ2v) is 4.63. The molecular formula is C14H22N2O3S. The van der Waals surface area contributed by atoms with E-state index in [0.29, 0.717) is 18.3 Å². The van der Waals surface area contributed by atoms with E-state index in [9.17, 15) is 0 Å². The van der Waals surface area contributed by atoms with Gasteiger partial charge in [0.25, 0.3) is 0 Å². The van der Waals surface area contributed by atoms with Crippen molar-refractivity contribution in [1.82, 2.24) is 10.6 Å². The van der Waals surface area contributed by atoms with E-state index in [1.54, 1.807) is 21.3 Å². The molecule has 1 aromatic rings. The Morgan fingerprint density at radius 2 is 2.00 bits per heavy atom. The van der Waals surface area contributed by atoms with E-state index in [0.717, 1.165) is 17.1 Å². The van der Waals surface area contributed by atoms with E-state index in [2.05, 4.69) is 10.6 Å². The van der Waals surface area contributed by atoms with Crippen molar-refractivity contribution >= 4 is 17.3 Å². The number of nitrogens with one attached hydrogen (secondary N) is 2. The Balaban J connectivity index is 2.70. The SMILES string of the molecule is COCCNC(=S)N[C@H](C)c1cc(OC)ccc1OC. The first-order valence-electron chi connectivity index (χ1n) is 6.37. The van der Waals surface area contributed by atoms with Gasteiger partial charge in [-0.3, -0.25) is 0 Å². The summed E-state index contributed by atoms with van der Waals surface area (Å²) in [6, 6.07) is 5.69. The van der Waals surface area contributed by atoms with Gasteiger partial charge in [0.05, 0.1) is 26.9 Å². The maximum absolute atomic E-state index is 5.37. The van der Waals surface area contributed by atoms with Crippen molar-refractivity contribution in [3.8, 4) is 11.5 Å². The lowest BCUT2D eigenvalue weighted by atomic mass is 10.1. The van der Waals surface area contributed by atoms with E-state index < -0.39 is 0 Å². The molecule has 6 heteroatoms. The van der Waals surface area contributed by atoms with Crippen LogP contribution in [0.25, 0.3) is 0 Å². The van der Waals surface area contributed by atoms with Crippen LogP contribution in [0, 0.1) is 0 Å². The summed E-state index contributed by atoms with van der Waals surface area (Å²) in [4.78, 5) is 0. The first kappa shape index (κ1) is 16.5. The van der Waals surface area contributed by atoms with Gasteiger partial charge in [-0.15, -0.1) is 0 Å². The van der Waals surface area contributed by atoms with Gasteiger partial charge in [0.1, 0.15) is 11.5 Å². The molecule has 0 bridgehead atoms. The molecule has 0 radical (unpaired) electrons. The van der Waals surface area contributed by atoms with Crippen molar-refractivity contribution in [1.29, 1.82) is 0 Å². The fourth-order valence-corrected chi connectivity index (χ4v) is 2.05. The smallest absolute Gasteiger partial charge is 0.166 e. The van der Waals surface area contributed by atoms with Crippen molar-refractivity contribution in [2.45, 2.75) is 13.0 Å². The van der Waals surface area contributed by atoms with Gasteiger partial charge in [0.15, 0.2) is 5.11 Å². The summed E-state index contributed by atoms with van der Waals surface area (Å²) < 4.78 is 15.6. The van der Waals surface area contributed by atoms with Gasteiger partial charge in [-0.2, -0.15) is 0 Å². The highest BCUT2D eigenvalue weighted by molar-refractivity contribution is 7.80. The Bertz CT molecular complexity index is 440. The summed E-state index contributed by atoms with van der Waals surface area (Å²) in [5, 5.41) is 6.87. The van der Waals surface area contributed by atoms with E-state index in [1.807, 2.05) is 25.1 Å². The molecule has 1 rings (SSSR count). The van der Waals surface area contributed by atoms with Gasteiger partial charge in [-0.05, 0) is 37.3 Å². The summed E-state index contributed by atoms with van der Waals surface area (Å²) in [7, 11) is 4.94. The van der Waals surface area contributed by atoms with Crippen molar-refractivity contribution in [3.05, 3.63) is 23.8 Å². The Labute approximate surface area is 125 Å². The maximum Gasteiger partial charge on any atom is 0.166 e. The molecule has 20 heavy (non-hydrogen) atoms. The van der Waals surface area contributed by atoms with Crippen LogP contribution >= 0.6 is 12.2 Å². The number of thiocarbonyl (C=S) groups is 1. The van der Waals surface area contributed by atoms with E-state index in [4.69, 9.17) is 26.4 Å². The van der Waals surface area contributed by atoms with Crippen LogP contribution in [0.3, 0.4) is 0 Å². The first-order valence-corrected chi connectivity index (χ1v) is 6.78. The van der Waals surface area contributed by atoms with Crippen LogP contribution in [0.15, 0.2) is 18.2 Å². The zero-order chi connectivity index (χ0) is 15.0. The maximum atomic E-state index is 5.37. The highest BCUT2D eigenvalue weighted by Gasteiger charge is 2.13. The fourth-order valence-electron chi connectivity index (χ4n) is 1.77. The quantitative estimate of drug-likeness (QED) is 0.592. The lowest BCUT2D eigenvalue weighted by Gasteiger charge is -2.20. The molecule has 0 unspecified atom stereocenters. The molecule has 1 aromatic carbocycles. The minimum Gasteiger partial charge on any atom is -0.497 e. The highest BCUT2D eigenvalue weighted by atomic mass is 32.1. The Morgan fingerprint density at radius 1 is 1.25 bits per heavy atom. The molecule has 0 aliphatic rings. The molecule has 0 aliphatic heterocycles. The van der Waals surface area contributed by atoms with Gasteiger partial charge in [-0.25, -0.2) is 0 Å². The minimum atomic E-state index is 0.00240. The highest BCUT2D eigenvalue weighted by Crippen LogP contribution is 2.29. The minimum absolute atomic E-state index is 0.00240. The number of hydrogen-bond donors (Lipinski definition) is 2. The number of methoxy groups -OCH3 is 3. The van der Waals surface area contributed by atoms with E-state index in [-0.39, 0.29) is 6.04 Å². The molecule has 0 saturated heterocycles. The summed E-state index contributed by atoms with van der Waals surface area (Å²) in [6.45, 7) is 3.30. The third-order valence-electron chi connectivity index (χ3n) is 2.84. The molecule has 0 aliphatic carbocycles. The summed E-state index contributed by atoms with van der Waals surface area (Å²) in [6.07, 6.45) is 0. The number of hydrogen-bond acceptors (Lipinski definition) is 4. The van der Waals surface area contributed by atoms with Gasteiger partial charge in [0, 0.05) is 19.2 Å². The van der Waals surface area contributed by atoms with Crippen LogP contribution in [-0.2, 0) is 4.74 Å². The average molecular weight is 298 g/mol. The van der Waals surface area contributed by atoms with Gasteiger partial charge < -0.3 is 24.8 Å². The topological polar surface area (TPSA) is 51.8 Å². The zero-order valence-electron chi connectivity index (χ0n) is 12.4. The standard InChI is InChI=1S/C14H22N2O3S/c1-10(16-14(20)15-7-8-17-2)12-9-11(18-3)5-6-13(12)19-4/h5-6,9-10H,7-8H2,1-4H3,(H2,15,16,20)/t10-/m1/s1. The molecule has 5 nitrogen and oxygen atoms in total. The second kappa shape index (κ2) is 8.60. The first-order chi connectivity index (χ1) is 9.62. The van der Waals surface area contributed by atoms with Crippen LogP contribution in [-0.4, -0.2) is 39.6 Å². The van der Waals surface area contributed by atoms with Crippen LogP contribution < -0.4 is 20.1 Å². The normalized spacial score (nSPS) is 11.6. The predicted molar refractivity (Wildman–Crippen MR) is 83.6 cm³/mol. The number of benzene rings is 1. The molecule has 0 heterocycles. The van der Waals surface area contributed by atoms with Gasteiger partial charge in [0.2, 0.25) is 0 Å². The number of rotatable bonds is 7. The lowest BCUT2D eigenvalue weighted by molar-refractivity contribution is 0.204. The van der Waals surface area contributed by atoms with Crippen LogP contribution in [0.4, 0.5) is 0 Å². The van der Waals surface area contributed by atoms with Crippen molar-refractivity contribution in [3.63, 3.8) is 0 Å². The molecular weight excluding hydrogens is 276 g/mol. The third-order valence-corrected chi connectivity index (χ3v) is 3.10. The van der Waals surface area contributed by atoms with Gasteiger partial charge >= 0.3 is 0 Å². The van der Waals surface area contributed by atoms with E-state index in [1.165, 1.54) is 0 Å². The Hall–Kier alpha value is -1.53. The molecule has 0 fully saturated rings. The predicted octanol–water partition coefficient (Wildman–Crippen LogP) is 1.88. The monoisotopic (exact) mass is 298 g/mol. The van der Waals surface area contributed by atoms with Crippen LogP contribution in [0.5, 0.6) is 11.5 Å². The third kappa shape index (κ3) is 4.86. The molecule has 0 amide bonds. The largest absolute Gasteiger partial charge is 0.497 e. The Kier molecular flexibility index (Phi) is 7.11. The van der Waals surface area contributed by atoms with Crippen molar-refractivity contribution < 1.29 is 14.2 Å². The van der Waals surface area contributed by atoms with Crippen LogP contribution in [0.2, 0.25) is 0 Å². The second-order valence-electron chi connectivity index (χ2n) is 4.22. The average Bonchev–Trinajstić information content (AvgIpc) is 2.46. The number of ether oxygens (including phenoxy) is 3. The van der Waals surface area contributed by atoms with Crippen molar-refractivity contribution in [2.75, 3.05) is 34.5 Å². The fraction of sp³-hybridized carbons (Fsp3) is 0.500. The zero-order valence-corrected chi connectivity index (χ0v) is 13.2. The Morgan fingerprint density at radius 3 is 2.60 bits per heavy atom. The molecule has 0 saturated carbocycles. The van der Waals surface area contributed by atoms with Crippen LogP contribution in [0.1, 0.15) is 18.5 Å². The summed E-state index contributed by atoms with van der Waals surface area (Å²) in [5.41, 5.74) is 0.989. The summed E-state index contributed by atoms with van der Waals surface area (Å²) in [5.74, 6) is 1.58.